The van der Waals surface area contributed by atoms with E-state index >= 15 is 0 Å². The van der Waals surface area contributed by atoms with Gasteiger partial charge in [-0.05, 0) is 13.1 Å². The number of hydrogen-bond donors (Lipinski definition) is 1. The number of halogens is 5. The molecule has 0 saturated heterocycles. The Labute approximate surface area is 162 Å². The molecule has 5 nitrogen and oxygen atoms in total. The lowest BCUT2D eigenvalue weighted by atomic mass is 10.4. The molecule has 140 valence electrons. The summed E-state index contributed by atoms with van der Waals surface area (Å²) in [6, 6.07) is 1.86. The van der Waals surface area contributed by atoms with Crippen molar-refractivity contribution < 1.29 is 13.2 Å². The zero-order valence-corrected chi connectivity index (χ0v) is 17.3. The van der Waals surface area contributed by atoms with Gasteiger partial charge in [0.2, 0.25) is 0 Å². The van der Waals surface area contributed by atoms with Crippen LogP contribution in [0.1, 0.15) is 5.69 Å². The van der Waals surface area contributed by atoms with Crippen molar-refractivity contribution >= 4 is 41.5 Å². The van der Waals surface area contributed by atoms with Gasteiger partial charge in [-0.1, -0.05) is 11.6 Å². The van der Waals surface area contributed by atoms with Crippen LogP contribution in [0.25, 0.3) is 0 Å². The number of hydrogen-bond acceptors (Lipinski definition) is 2. The predicted molar refractivity (Wildman–Crippen MR) is 102 cm³/mol. The van der Waals surface area contributed by atoms with E-state index in [0.29, 0.717) is 24.1 Å². The molecule has 0 aromatic carbocycles. The lowest BCUT2D eigenvalue weighted by molar-refractivity contribution is -0.142. The Morgan fingerprint density at radius 2 is 2.00 bits per heavy atom. The van der Waals surface area contributed by atoms with E-state index in [4.69, 9.17) is 11.6 Å². The van der Waals surface area contributed by atoms with Gasteiger partial charge in [0.25, 0.3) is 0 Å². The van der Waals surface area contributed by atoms with Crippen LogP contribution in [-0.4, -0.2) is 67.3 Å². The number of nitrogens with zero attached hydrogens (tertiary/aromatic N) is 4. The number of alkyl halides is 3. The Bertz CT molecular complexity index is 533. The molecule has 0 fully saturated rings. The minimum Gasteiger partial charge on any atom is -0.355 e. The average molecular weight is 482 g/mol. The second-order valence-corrected chi connectivity index (χ2v) is 5.88. The molecule has 0 radical (unpaired) electrons. The van der Waals surface area contributed by atoms with Gasteiger partial charge < -0.3 is 14.8 Å². The Kier molecular flexibility index (Phi) is 10.0. The first kappa shape index (κ1) is 23.3. The van der Waals surface area contributed by atoms with Crippen LogP contribution in [0.3, 0.4) is 0 Å². The fraction of sp³-hybridized carbons (Fsp3) is 0.643. The Balaban J connectivity index is 0.00000529. The first-order chi connectivity index (χ1) is 10.6. The first-order valence-electron chi connectivity index (χ1n) is 7.10. The molecule has 10 heteroatoms. The van der Waals surface area contributed by atoms with Crippen LogP contribution in [0.5, 0.6) is 0 Å². The number of likely N-dealkylation sites (N-methyl/N-ethyl adjacent to an activating group) is 1. The summed E-state index contributed by atoms with van der Waals surface area (Å²) in [6.07, 6.45) is -2.37. The number of aryl methyl sites for hydroxylation is 1. The van der Waals surface area contributed by atoms with Crippen LogP contribution < -0.4 is 5.32 Å². The molecular formula is C14H24ClF3IN5. The SMILES string of the molecule is CN=C(NCCN(C)CC(F)(F)F)N(C)Cc1cc(Cl)cn1C.I. The average Bonchev–Trinajstić information content (AvgIpc) is 2.70. The first-order valence-corrected chi connectivity index (χ1v) is 7.48. The summed E-state index contributed by atoms with van der Waals surface area (Å²) in [7, 11) is 6.83. The van der Waals surface area contributed by atoms with E-state index in [1.165, 1.54) is 11.9 Å². The van der Waals surface area contributed by atoms with Crippen LogP contribution in [-0.2, 0) is 13.6 Å². The maximum atomic E-state index is 12.3. The highest BCUT2D eigenvalue weighted by Crippen LogP contribution is 2.15. The van der Waals surface area contributed by atoms with Gasteiger partial charge in [0.15, 0.2) is 5.96 Å². The normalized spacial score (nSPS) is 12.3. The molecule has 1 aromatic rings. The predicted octanol–water partition coefficient (Wildman–Crippen LogP) is 2.80. The highest BCUT2D eigenvalue weighted by Gasteiger charge is 2.28. The molecule has 0 amide bonds. The van der Waals surface area contributed by atoms with Gasteiger partial charge in [-0.3, -0.25) is 9.89 Å². The summed E-state index contributed by atoms with van der Waals surface area (Å²) >= 11 is 5.95. The molecule has 0 unspecified atom stereocenters. The third-order valence-electron chi connectivity index (χ3n) is 3.27. The van der Waals surface area contributed by atoms with Crippen LogP contribution in [0.2, 0.25) is 5.02 Å². The molecule has 0 saturated carbocycles. The Morgan fingerprint density at radius 3 is 2.46 bits per heavy atom. The molecule has 0 spiro atoms. The smallest absolute Gasteiger partial charge is 0.355 e. The van der Waals surface area contributed by atoms with Crippen molar-refractivity contribution in [2.75, 3.05) is 40.8 Å². The van der Waals surface area contributed by atoms with Crippen molar-refractivity contribution in [2.24, 2.45) is 12.0 Å². The summed E-state index contributed by atoms with van der Waals surface area (Å²) in [4.78, 5) is 7.24. The third-order valence-corrected chi connectivity index (χ3v) is 3.48. The molecule has 1 N–H and O–H groups in total. The molecule has 1 heterocycles. The number of aliphatic imine (C=N–C) groups is 1. The van der Waals surface area contributed by atoms with Crippen molar-refractivity contribution in [2.45, 2.75) is 12.7 Å². The lowest BCUT2D eigenvalue weighted by Crippen LogP contribution is -2.43. The zero-order valence-electron chi connectivity index (χ0n) is 14.2. The van der Waals surface area contributed by atoms with Crippen LogP contribution in [0.4, 0.5) is 13.2 Å². The second kappa shape index (κ2) is 10.3. The number of rotatable bonds is 6. The van der Waals surface area contributed by atoms with E-state index in [0.717, 1.165) is 5.69 Å². The number of nitrogens with one attached hydrogen (secondary N) is 1. The molecule has 1 rings (SSSR count). The minimum absolute atomic E-state index is 0. The van der Waals surface area contributed by atoms with Gasteiger partial charge in [-0.2, -0.15) is 13.2 Å². The molecule has 0 aliphatic carbocycles. The quantitative estimate of drug-likeness (QED) is 0.386. The van der Waals surface area contributed by atoms with E-state index in [-0.39, 0.29) is 30.5 Å². The minimum atomic E-state index is -4.18. The van der Waals surface area contributed by atoms with E-state index in [2.05, 4.69) is 10.3 Å². The van der Waals surface area contributed by atoms with Gasteiger partial charge in [0, 0.05) is 46.1 Å². The largest absolute Gasteiger partial charge is 0.401 e. The van der Waals surface area contributed by atoms with E-state index in [1.54, 1.807) is 7.05 Å². The van der Waals surface area contributed by atoms with Crippen molar-refractivity contribution in [1.29, 1.82) is 0 Å². The Hall–Kier alpha value is -0.680. The van der Waals surface area contributed by atoms with Crippen LogP contribution >= 0.6 is 35.6 Å². The molecular weight excluding hydrogens is 458 g/mol. The summed E-state index contributed by atoms with van der Waals surface area (Å²) in [5, 5.41) is 3.72. The van der Waals surface area contributed by atoms with E-state index < -0.39 is 12.7 Å². The lowest BCUT2D eigenvalue weighted by Gasteiger charge is -2.24. The maximum absolute atomic E-state index is 12.3. The zero-order chi connectivity index (χ0) is 17.6. The second-order valence-electron chi connectivity index (χ2n) is 5.44. The van der Waals surface area contributed by atoms with E-state index in [1.807, 2.05) is 35.8 Å². The van der Waals surface area contributed by atoms with Gasteiger partial charge in [0.1, 0.15) is 0 Å². The molecule has 0 aliphatic heterocycles. The topological polar surface area (TPSA) is 35.8 Å². The summed E-state index contributed by atoms with van der Waals surface area (Å²) in [5.74, 6) is 0.614. The van der Waals surface area contributed by atoms with Crippen molar-refractivity contribution in [3.8, 4) is 0 Å². The van der Waals surface area contributed by atoms with Crippen molar-refractivity contribution in [3.05, 3.63) is 23.0 Å². The fourth-order valence-electron chi connectivity index (χ4n) is 2.17. The summed E-state index contributed by atoms with van der Waals surface area (Å²) < 4.78 is 38.7. The monoisotopic (exact) mass is 481 g/mol. The van der Waals surface area contributed by atoms with Crippen molar-refractivity contribution in [3.63, 3.8) is 0 Å². The fourth-order valence-corrected chi connectivity index (χ4v) is 2.44. The van der Waals surface area contributed by atoms with Crippen LogP contribution in [0, 0.1) is 0 Å². The van der Waals surface area contributed by atoms with Gasteiger partial charge >= 0.3 is 6.18 Å². The number of aromatic nitrogens is 1. The summed E-state index contributed by atoms with van der Waals surface area (Å²) in [6.45, 7) is 0.298. The van der Waals surface area contributed by atoms with Gasteiger partial charge in [-0.25, -0.2) is 0 Å². The highest BCUT2D eigenvalue weighted by molar-refractivity contribution is 14.0. The third kappa shape index (κ3) is 8.43. The Morgan fingerprint density at radius 1 is 1.38 bits per heavy atom. The van der Waals surface area contributed by atoms with Crippen LogP contribution in [0.15, 0.2) is 17.3 Å². The number of guanidine groups is 1. The molecule has 0 aliphatic rings. The van der Waals surface area contributed by atoms with Gasteiger partial charge in [0.05, 0.1) is 18.1 Å². The molecule has 24 heavy (non-hydrogen) atoms. The molecule has 0 atom stereocenters. The van der Waals surface area contributed by atoms with Gasteiger partial charge in [-0.15, -0.1) is 24.0 Å². The molecule has 0 bridgehead atoms. The maximum Gasteiger partial charge on any atom is 0.401 e. The van der Waals surface area contributed by atoms with E-state index in [9.17, 15) is 13.2 Å². The molecule has 1 aromatic heterocycles. The van der Waals surface area contributed by atoms with Crippen molar-refractivity contribution in [1.82, 2.24) is 19.7 Å². The summed E-state index contributed by atoms with van der Waals surface area (Å²) in [5.41, 5.74) is 1.01. The standard InChI is InChI=1S/C14H23ClF3N5.HI/c1-19-13(20-5-6-21(2)10-14(16,17)18)23(4)9-12-7-11(15)8-22(12)3;/h7-8H,5-6,9-10H2,1-4H3,(H,19,20);1H. The highest BCUT2D eigenvalue weighted by atomic mass is 127.